The summed E-state index contributed by atoms with van der Waals surface area (Å²) in [6.45, 7) is 2.65. The lowest BCUT2D eigenvalue weighted by Gasteiger charge is -2.16. The fraction of sp³-hybridized carbons (Fsp3) is 0.500. The third-order valence-electron chi connectivity index (χ3n) is 4.95. The van der Waals surface area contributed by atoms with Gasteiger partial charge < -0.3 is 9.84 Å². The first-order chi connectivity index (χ1) is 12.3. The van der Waals surface area contributed by atoms with Crippen LogP contribution in [0.25, 0.3) is 0 Å². The largest absolute Gasteiger partial charge is 0.487 e. The summed E-state index contributed by atoms with van der Waals surface area (Å²) in [4.78, 5) is 4.76. The lowest BCUT2D eigenvalue weighted by atomic mass is 9.96. The van der Waals surface area contributed by atoms with Crippen molar-refractivity contribution >= 4 is 0 Å². The van der Waals surface area contributed by atoms with E-state index < -0.39 is 6.10 Å². The molecule has 25 heavy (non-hydrogen) atoms. The minimum absolute atomic E-state index is 0.406. The number of pyridine rings is 1. The first kappa shape index (κ1) is 17.9. The Morgan fingerprint density at radius 3 is 2.88 bits per heavy atom. The van der Waals surface area contributed by atoms with Gasteiger partial charge in [0.15, 0.2) is 0 Å². The SMILES string of the molecule is CCCCCC(O)c1cccc(OCc2ccc3c(n2)CCCC3)c1. The normalized spacial score (nSPS) is 14.8. The van der Waals surface area contributed by atoms with Crippen molar-refractivity contribution in [3.63, 3.8) is 0 Å². The Balaban J connectivity index is 1.59. The van der Waals surface area contributed by atoms with Crippen LogP contribution in [0, 0.1) is 0 Å². The molecule has 0 radical (unpaired) electrons. The Labute approximate surface area is 151 Å². The zero-order valence-corrected chi connectivity index (χ0v) is 15.2. The van der Waals surface area contributed by atoms with Gasteiger partial charge in [-0.3, -0.25) is 4.98 Å². The second kappa shape index (κ2) is 9.00. The highest BCUT2D eigenvalue weighted by Gasteiger charge is 2.12. The van der Waals surface area contributed by atoms with Crippen molar-refractivity contribution in [1.82, 2.24) is 4.98 Å². The number of hydrogen-bond donors (Lipinski definition) is 1. The van der Waals surface area contributed by atoms with Crippen molar-refractivity contribution in [2.75, 3.05) is 0 Å². The van der Waals surface area contributed by atoms with Gasteiger partial charge in [0.05, 0.1) is 11.8 Å². The first-order valence-corrected chi connectivity index (χ1v) is 9.64. The van der Waals surface area contributed by atoms with Crippen LogP contribution in [0.5, 0.6) is 5.75 Å². The number of benzene rings is 1. The minimum Gasteiger partial charge on any atom is -0.487 e. The highest BCUT2D eigenvalue weighted by Crippen LogP contribution is 2.24. The van der Waals surface area contributed by atoms with Crippen molar-refractivity contribution in [3.05, 3.63) is 58.9 Å². The van der Waals surface area contributed by atoms with E-state index in [9.17, 15) is 5.11 Å². The Morgan fingerprint density at radius 2 is 2.00 bits per heavy atom. The summed E-state index contributed by atoms with van der Waals surface area (Å²) in [5.74, 6) is 0.798. The lowest BCUT2D eigenvalue weighted by molar-refractivity contribution is 0.163. The molecule has 0 saturated heterocycles. The highest BCUT2D eigenvalue weighted by molar-refractivity contribution is 5.30. The van der Waals surface area contributed by atoms with Crippen LogP contribution in [0.2, 0.25) is 0 Å². The van der Waals surface area contributed by atoms with E-state index in [1.165, 1.54) is 30.5 Å². The molecule has 1 aromatic carbocycles. The fourth-order valence-corrected chi connectivity index (χ4v) is 3.43. The smallest absolute Gasteiger partial charge is 0.130 e. The number of aliphatic hydroxyl groups excluding tert-OH is 1. The number of aryl methyl sites for hydroxylation is 2. The molecule has 1 heterocycles. The van der Waals surface area contributed by atoms with Crippen LogP contribution >= 0.6 is 0 Å². The van der Waals surface area contributed by atoms with E-state index in [0.29, 0.717) is 6.61 Å². The van der Waals surface area contributed by atoms with Crippen LogP contribution in [-0.2, 0) is 19.4 Å². The number of ether oxygens (including phenoxy) is 1. The number of hydrogen-bond acceptors (Lipinski definition) is 3. The molecule has 134 valence electrons. The zero-order valence-electron chi connectivity index (χ0n) is 15.2. The predicted molar refractivity (Wildman–Crippen MR) is 101 cm³/mol. The number of rotatable bonds is 8. The third kappa shape index (κ3) is 5.05. The van der Waals surface area contributed by atoms with Gasteiger partial charge in [-0.05, 0) is 61.4 Å². The molecule has 1 aromatic heterocycles. The Morgan fingerprint density at radius 1 is 1.12 bits per heavy atom. The molecule has 0 bridgehead atoms. The second-order valence-electron chi connectivity index (χ2n) is 6.99. The van der Waals surface area contributed by atoms with E-state index in [-0.39, 0.29) is 0 Å². The first-order valence-electron chi connectivity index (χ1n) is 9.64. The van der Waals surface area contributed by atoms with E-state index in [4.69, 9.17) is 9.72 Å². The van der Waals surface area contributed by atoms with Gasteiger partial charge in [-0.15, -0.1) is 0 Å². The van der Waals surface area contributed by atoms with Gasteiger partial charge in [-0.25, -0.2) is 0 Å². The lowest BCUT2D eigenvalue weighted by Crippen LogP contribution is -2.08. The van der Waals surface area contributed by atoms with Crippen molar-refractivity contribution in [2.45, 2.75) is 71.0 Å². The van der Waals surface area contributed by atoms with Crippen molar-refractivity contribution in [2.24, 2.45) is 0 Å². The average molecular weight is 339 g/mol. The summed E-state index contributed by atoms with van der Waals surface area (Å²) in [6.07, 6.45) is 8.55. The maximum atomic E-state index is 10.3. The highest BCUT2D eigenvalue weighted by atomic mass is 16.5. The number of aliphatic hydroxyl groups is 1. The van der Waals surface area contributed by atoms with Crippen LogP contribution in [-0.4, -0.2) is 10.1 Å². The van der Waals surface area contributed by atoms with Gasteiger partial charge >= 0.3 is 0 Å². The van der Waals surface area contributed by atoms with Crippen molar-refractivity contribution in [3.8, 4) is 5.75 Å². The van der Waals surface area contributed by atoms with Gasteiger partial charge in [-0.1, -0.05) is 44.4 Å². The zero-order chi connectivity index (χ0) is 17.5. The van der Waals surface area contributed by atoms with E-state index in [2.05, 4.69) is 19.1 Å². The van der Waals surface area contributed by atoms with Crippen molar-refractivity contribution in [1.29, 1.82) is 0 Å². The standard InChI is InChI=1S/C22H29NO2/c1-2-3-4-12-22(24)18-9-7-10-20(15-18)25-16-19-14-13-17-8-5-6-11-21(17)23-19/h7,9-10,13-15,22,24H,2-6,8,11-12,16H2,1H3. The molecule has 1 aliphatic carbocycles. The number of fused-ring (bicyclic) bond motifs is 1. The van der Waals surface area contributed by atoms with E-state index in [1.807, 2.05) is 24.3 Å². The summed E-state index contributed by atoms with van der Waals surface area (Å²) in [5, 5.41) is 10.3. The molecular formula is C22H29NO2. The molecule has 1 unspecified atom stereocenters. The Hall–Kier alpha value is -1.87. The molecule has 1 atom stereocenters. The van der Waals surface area contributed by atoms with Gasteiger partial charge in [0.2, 0.25) is 0 Å². The van der Waals surface area contributed by atoms with Crippen LogP contribution < -0.4 is 4.74 Å². The van der Waals surface area contributed by atoms with Crippen LogP contribution in [0.15, 0.2) is 36.4 Å². The molecule has 0 spiro atoms. The fourth-order valence-electron chi connectivity index (χ4n) is 3.43. The van der Waals surface area contributed by atoms with Gasteiger partial charge in [-0.2, -0.15) is 0 Å². The molecule has 1 aliphatic rings. The number of nitrogens with zero attached hydrogens (tertiary/aromatic N) is 1. The monoisotopic (exact) mass is 339 g/mol. The minimum atomic E-state index is -0.406. The molecule has 3 heteroatoms. The molecule has 3 nitrogen and oxygen atoms in total. The quantitative estimate of drug-likeness (QED) is 0.676. The maximum absolute atomic E-state index is 10.3. The van der Waals surface area contributed by atoms with E-state index in [1.54, 1.807) is 0 Å². The Kier molecular flexibility index (Phi) is 6.46. The Bertz CT molecular complexity index is 683. The van der Waals surface area contributed by atoms with Gasteiger partial charge in [0, 0.05) is 5.69 Å². The molecule has 2 aromatic rings. The summed E-state index contributed by atoms with van der Waals surface area (Å²) in [5.41, 5.74) is 4.56. The summed E-state index contributed by atoms with van der Waals surface area (Å²) >= 11 is 0. The number of unbranched alkanes of at least 4 members (excludes halogenated alkanes) is 2. The molecule has 3 rings (SSSR count). The molecule has 0 fully saturated rings. The van der Waals surface area contributed by atoms with Crippen molar-refractivity contribution < 1.29 is 9.84 Å². The second-order valence-corrected chi connectivity index (χ2v) is 6.99. The average Bonchev–Trinajstić information content (AvgIpc) is 2.66. The molecule has 0 amide bonds. The summed E-state index contributed by atoms with van der Waals surface area (Å²) in [7, 11) is 0. The molecule has 0 saturated carbocycles. The predicted octanol–water partition coefficient (Wildman–Crippen LogP) is 5.15. The summed E-state index contributed by atoms with van der Waals surface area (Å²) < 4.78 is 5.93. The number of aromatic nitrogens is 1. The molecular weight excluding hydrogens is 310 g/mol. The van der Waals surface area contributed by atoms with Gasteiger partial charge in [0.25, 0.3) is 0 Å². The van der Waals surface area contributed by atoms with Crippen LogP contribution in [0.3, 0.4) is 0 Å². The van der Waals surface area contributed by atoms with Gasteiger partial charge in [0.1, 0.15) is 12.4 Å². The van der Waals surface area contributed by atoms with E-state index >= 15 is 0 Å². The molecule has 0 aliphatic heterocycles. The van der Waals surface area contributed by atoms with Crippen LogP contribution in [0.1, 0.15) is 74.1 Å². The third-order valence-corrected chi connectivity index (χ3v) is 4.95. The molecule has 1 N–H and O–H groups in total. The van der Waals surface area contributed by atoms with E-state index in [0.717, 1.165) is 49.1 Å². The maximum Gasteiger partial charge on any atom is 0.130 e. The topological polar surface area (TPSA) is 42.4 Å². The summed E-state index contributed by atoms with van der Waals surface area (Å²) in [6, 6.07) is 12.1. The van der Waals surface area contributed by atoms with Crippen LogP contribution in [0.4, 0.5) is 0 Å².